The van der Waals surface area contributed by atoms with Crippen LogP contribution in [0.15, 0.2) is 18.2 Å². The van der Waals surface area contributed by atoms with Crippen LogP contribution < -0.4 is 15.2 Å². The Morgan fingerprint density at radius 2 is 2.15 bits per heavy atom. The molecule has 0 aliphatic rings. The van der Waals surface area contributed by atoms with Gasteiger partial charge in [0.05, 0.1) is 26.4 Å². The van der Waals surface area contributed by atoms with Crippen molar-refractivity contribution >= 4 is 0 Å². The number of rotatable bonds is 8. The van der Waals surface area contributed by atoms with E-state index in [-0.39, 0.29) is 6.61 Å². The number of hydrogen-bond donors (Lipinski definition) is 2. The van der Waals surface area contributed by atoms with Gasteiger partial charge in [-0.2, -0.15) is 5.26 Å². The second kappa shape index (κ2) is 7.73. The summed E-state index contributed by atoms with van der Waals surface area (Å²) in [7, 11) is 1.56. The summed E-state index contributed by atoms with van der Waals surface area (Å²) in [5.74, 6) is 1.21. The van der Waals surface area contributed by atoms with Crippen molar-refractivity contribution in [1.82, 2.24) is 0 Å². The van der Waals surface area contributed by atoms with Gasteiger partial charge in [-0.15, -0.1) is 0 Å². The molecule has 1 atom stereocenters. The van der Waals surface area contributed by atoms with E-state index in [2.05, 4.69) is 6.07 Å². The summed E-state index contributed by atoms with van der Waals surface area (Å²) in [6, 6.07) is 7.43. The molecule has 1 aromatic carbocycles. The van der Waals surface area contributed by atoms with E-state index in [0.717, 1.165) is 5.56 Å². The summed E-state index contributed by atoms with van der Waals surface area (Å²) in [6.45, 7) is 2.33. The van der Waals surface area contributed by atoms with Crippen molar-refractivity contribution in [3.63, 3.8) is 0 Å². The van der Waals surface area contributed by atoms with Crippen LogP contribution in [0.4, 0.5) is 0 Å². The molecule has 1 aromatic rings. The highest BCUT2D eigenvalue weighted by Gasteiger charge is 2.21. The maximum atomic E-state index is 9.07. The van der Waals surface area contributed by atoms with Crippen LogP contribution in [0.1, 0.15) is 31.7 Å². The highest BCUT2D eigenvalue weighted by atomic mass is 16.5. The van der Waals surface area contributed by atoms with Gasteiger partial charge in [-0.25, -0.2) is 0 Å². The molecule has 110 valence electrons. The average Bonchev–Trinajstić information content (AvgIpc) is 2.51. The SMILES string of the molecule is CCC(N)(C#N)CCCOc1ccc(CO)cc1OC. The van der Waals surface area contributed by atoms with E-state index in [1.54, 1.807) is 25.3 Å². The van der Waals surface area contributed by atoms with E-state index >= 15 is 0 Å². The van der Waals surface area contributed by atoms with Gasteiger partial charge >= 0.3 is 0 Å². The normalized spacial score (nSPS) is 13.3. The van der Waals surface area contributed by atoms with Gasteiger partial charge < -0.3 is 20.3 Å². The second-order valence-electron chi connectivity index (χ2n) is 4.72. The molecule has 0 saturated heterocycles. The summed E-state index contributed by atoms with van der Waals surface area (Å²) < 4.78 is 10.9. The Morgan fingerprint density at radius 3 is 2.70 bits per heavy atom. The second-order valence-corrected chi connectivity index (χ2v) is 4.72. The Kier molecular flexibility index (Phi) is 6.29. The van der Waals surface area contributed by atoms with Crippen molar-refractivity contribution in [1.29, 1.82) is 5.26 Å². The lowest BCUT2D eigenvalue weighted by atomic mass is 9.94. The van der Waals surface area contributed by atoms with Crippen molar-refractivity contribution in [2.75, 3.05) is 13.7 Å². The van der Waals surface area contributed by atoms with E-state index in [0.29, 0.717) is 37.4 Å². The van der Waals surface area contributed by atoms with E-state index in [1.807, 2.05) is 6.92 Å². The third kappa shape index (κ3) is 4.41. The molecule has 1 rings (SSSR count). The van der Waals surface area contributed by atoms with Crippen LogP contribution in [-0.4, -0.2) is 24.4 Å². The Bertz CT molecular complexity index is 471. The lowest BCUT2D eigenvalue weighted by molar-refractivity contribution is 0.270. The van der Waals surface area contributed by atoms with E-state index in [4.69, 9.17) is 25.6 Å². The lowest BCUT2D eigenvalue weighted by Gasteiger charge is -2.19. The maximum absolute atomic E-state index is 9.07. The first-order valence-corrected chi connectivity index (χ1v) is 6.69. The minimum atomic E-state index is -0.770. The highest BCUT2D eigenvalue weighted by molar-refractivity contribution is 5.42. The third-order valence-corrected chi connectivity index (χ3v) is 3.29. The quantitative estimate of drug-likeness (QED) is 0.710. The van der Waals surface area contributed by atoms with Crippen LogP contribution in [0.25, 0.3) is 0 Å². The van der Waals surface area contributed by atoms with Crippen molar-refractivity contribution in [2.45, 2.75) is 38.3 Å². The minimum absolute atomic E-state index is 0.0367. The summed E-state index contributed by atoms with van der Waals surface area (Å²) >= 11 is 0. The molecule has 0 bridgehead atoms. The largest absolute Gasteiger partial charge is 0.493 e. The summed E-state index contributed by atoms with van der Waals surface area (Å²) in [6.07, 6.45) is 1.91. The predicted octanol–water partition coefficient (Wildman–Crippen LogP) is 1.98. The molecule has 1 unspecified atom stereocenters. The molecule has 0 fully saturated rings. The molecule has 20 heavy (non-hydrogen) atoms. The molecular formula is C15H22N2O3. The Labute approximate surface area is 119 Å². The molecule has 0 aliphatic heterocycles. The topological polar surface area (TPSA) is 88.5 Å². The van der Waals surface area contributed by atoms with Crippen LogP contribution >= 0.6 is 0 Å². The van der Waals surface area contributed by atoms with Crippen molar-refractivity contribution in [3.8, 4) is 17.6 Å². The summed E-state index contributed by atoms with van der Waals surface area (Å²) in [4.78, 5) is 0. The predicted molar refractivity (Wildman–Crippen MR) is 76.5 cm³/mol. The zero-order valence-corrected chi connectivity index (χ0v) is 12.1. The Balaban J connectivity index is 2.52. The fourth-order valence-corrected chi connectivity index (χ4v) is 1.81. The maximum Gasteiger partial charge on any atom is 0.161 e. The van der Waals surface area contributed by atoms with E-state index in [9.17, 15) is 0 Å². The van der Waals surface area contributed by atoms with Gasteiger partial charge in [-0.1, -0.05) is 13.0 Å². The van der Waals surface area contributed by atoms with Crippen LogP contribution in [0.5, 0.6) is 11.5 Å². The third-order valence-electron chi connectivity index (χ3n) is 3.29. The van der Waals surface area contributed by atoms with Gasteiger partial charge in [0, 0.05) is 0 Å². The molecule has 0 radical (unpaired) electrons. The molecule has 0 amide bonds. The van der Waals surface area contributed by atoms with Crippen LogP contribution in [-0.2, 0) is 6.61 Å². The number of methoxy groups -OCH3 is 1. The molecule has 5 heteroatoms. The van der Waals surface area contributed by atoms with Crippen LogP contribution in [0.2, 0.25) is 0 Å². The molecule has 0 heterocycles. The molecule has 3 N–H and O–H groups in total. The van der Waals surface area contributed by atoms with Crippen molar-refractivity contribution in [3.05, 3.63) is 23.8 Å². The van der Waals surface area contributed by atoms with Crippen LogP contribution in [0, 0.1) is 11.3 Å². The minimum Gasteiger partial charge on any atom is -0.493 e. The number of nitrogens with two attached hydrogens (primary N) is 1. The van der Waals surface area contributed by atoms with Gasteiger partial charge in [0.1, 0.15) is 5.54 Å². The number of aliphatic hydroxyl groups is 1. The number of hydrogen-bond acceptors (Lipinski definition) is 5. The molecule has 0 saturated carbocycles. The van der Waals surface area contributed by atoms with E-state index < -0.39 is 5.54 Å². The number of ether oxygens (including phenoxy) is 2. The molecule has 0 aliphatic carbocycles. The molecule has 5 nitrogen and oxygen atoms in total. The number of nitriles is 1. The number of nitrogens with zero attached hydrogens (tertiary/aromatic N) is 1. The van der Waals surface area contributed by atoms with Crippen LogP contribution in [0.3, 0.4) is 0 Å². The zero-order valence-electron chi connectivity index (χ0n) is 12.1. The van der Waals surface area contributed by atoms with Crippen molar-refractivity contribution < 1.29 is 14.6 Å². The fourth-order valence-electron chi connectivity index (χ4n) is 1.81. The molecule has 0 aromatic heterocycles. The van der Waals surface area contributed by atoms with Gasteiger partial charge in [-0.3, -0.25) is 0 Å². The lowest BCUT2D eigenvalue weighted by Crippen LogP contribution is -2.37. The monoisotopic (exact) mass is 278 g/mol. The summed E-state index contributed by atoms with van der Waals surface area (Å²) in [5.41, 5.74) is 5.90. The zero-order chi connectivity index (χ0) is 15.0. The van der Waals surface area contributed by atoms with E-state index in [1.165, 1.54) is 0 Å². The molecule has 0 spiro atoms. The molecular weight excluding hydrogens is 256 g/mol. The van der Waals surface area contributed by atoms with Gasteiger partial charge in [0.2, 0.25) is 0 Å². The Hall–Kier alpha value is -1.77. The number of aliphatic hydroxyl groups excluding tert-OH is 1. The summed E-state index contributed by atoms with van der Waals surface area (Å²) in [5, 5.41) is 18.0. The smallest absolute Gasteiger partial charge is 0.161 e. The van der Waals surface area contributed by atoms with Gasteiger partial charge in [-0.05, 0) is 37.0 Å². The fraction of sp³-hybridized carbons (Fsp3) is 0.533. The highest BCUT2D eigenvalue weighted by Crippen LogP contribution is 2.28. The standard InChI is InChI=1S/C15H22N2O3/c1-3-15(17,11-16)7-4-8-20-13-6-5-12(10-18)9-14(13)19-2/h5-6,9,18H,3-4,7-8,10,17H2,1-2H3. The van der Waals surface area contributed by atoms with Gasteiger partial charge in [0.25, 0.3) is 0 Å². The first kappa shape index (κ1) is 16.3. The Morgan fingerprint density at radius 1 is 1.40 bits per heavy atom. The first-order chi connectivity index (χ1) is 9.58. The van der Waals surface area contributed by atoms with Crippen molar-refractivity contribution in [2.24, 2.45) is 5.73 Å². The first-order valence-electron chi connectivity index (χ1n) is 6.69. The van der Waals surface area contributed by atoms with Gasteiger partial charge in [0.15, 0.2) is 11.5 Å². The number of benzene rings is 1. The average molecular weight is 278 g/mol.